The number of carbonyl (C=O) groups excluding carboxylic acids is 2. The van der Waals surface area contributed by atoms with Crippen molar-refractivity contribution in [2.45, 2.75) is 163 Å². The lowest BCUT2D eigenvalue weighted by atomic mass is 9.47. The lowest BCUT2D eigenvalue weighted by Gasteiger charge is -2.58. The molecule has 0 spiro atoms. The van der Waals surface area contributed by atoms with Crippen LogP contribution in [-0.2, 0) is 36.8 Å². The van der Waals surface area contributed by atoms with Crippen molar-refractivity contribution >= 4 is 38.6 Å². The van der Waals surface area contributed by atoms with Gasteiger partial charge in [-0.05, 0) is 130 Å². The zero-order valence-electron chi connectivity index (χ0n) is 37.2. The fourth-order valence-corrected chi connectivity index (χ4v) is 14.2. The van der Waals surface area contributed by atoms with E-state index in [9.17, 15) is 18.7 Å². The van der Waals surface area contributed by atoms with Crippen LogP contribution in [0.15, 0.2) is 23.7 Å². The minimum absolute atomic E-state index is 0.0313. The first-order chi connectivity index (χ1) is 27.8. The standard InChI is InChI=1S/C44H76N2O10P2S/c1-30(2)13-12-14-31(3)38-18-19-39-37-17-16-33-25-35(20-22-43(33,5)40(37)21-23-44(38,39)6)54-42(49)45-24-11-9-10-15-41(48)46-27-36(56-57(8,50)52-7)26-34(46)29-53-58(51,59)55-32(4)28-47/h16,28,30-31,34-40,47H,9-15,17-27,29H2,1-8H3,(H,45,49)(H,51,59)/b32-28+/t31?,34-,35-,36?,37?,38+,39?,40?,43-,44+,57?,58?/m0/s1. The third-order valence-corrected chi connectivity index (χ3v) is 18.0. The van der Waals surface area contributed by atoms with Gasteiger partial charge in [-0.25, -0.2) is 9.36 Å². The zero-order chi connectivity index (χ0) is 43.2. The van der Waals surface area contributed by atoms with Crippen LogP contribution < -0.4 is 5.32 Å². The number of allylic oxidation sites excluding steroid dienone is 2. The summed E-state index contributed by atoms with van der Waals surface area (Å²) in [5.74, 6) is 4.62. The molecule has 12 nitrogen and oxygen atoms in total. The highest BCUT2D eigenvalue weighted by molar-refractivity contribution is 8.44. The summed E-state index contributed by atoms with van der Waals surface area (Å²) in [6.45, 7) is 11.8. The van der Waals surface area contributed by atoms with Crippen molar-refractivity contribution in [1.82, 2.24) is 10.2 Å². The molecule has 1 aliphatic heterocycles. The molecule has 12 atom stereocenters. The van der Waals surface area contributed by atoms with Crippen molar-refractivity contribution in [2.24, 2.45) is 46.3 Å². The Hall–Kier alpha value is -1.49. The number of ether oxygens (including phenoxy) is 1. The number of carbonyl (C=O) groups is 2. The van der Waals surface area contributed by atoms with Crippen LogP contribution in [0.5, 0.6) is 0 Å². The highest BCUT2D eigenvalue weighted by Crippen LogP contribution is 2.67. The SMILES string of the molecule is COP(C)(=O)OC1C[C@@H](COP(=O)(S)O/C(C)=C/O)N(C(=O)CCCCCNC(=O)O[C@H]2CC[C@@]3(C)C(=CCC4C3CC[C@@]3(C)C4CC[C@@H]3C(C)CCCC(C)C)C2)C1. The van der Waals surface area contributed by atoms with E-state index in [0.717, 1.165) is 61.2 Å². The number of fused-ring (bicyclic) bond motifs is 5. The van der Waals surface area contributed by atoms with E-state index in [0.29, 0.717) is 37.5 Å². The van der Waals surface area contributed by atoms with E-state index in [1.54, 1.807) is 4.90 Å². The number of hydrogen-bond donors (Lipinski definition) is 3. The van der Waals surface area contributed by atoms with E-state index in [1.807, 2.05) is 0 Å². The molecule has 5 aliphatic rings. The number of aliphatic hydroxyl groups is 1. The van der Waals surface area contributed by atoms with Crippen LogP contribution in [0.4, 0.5) is 4.79 Å². The molecule has 0 aromatic heterocycles. The molecule has 2 N–H and O–H groups in total. The van der Waals surface area contributed by atoms with Crippen molar-refractivity contribution in [3.8, 4) is 0 Å². The van der Waals surface area contributed by atoms with Gasteiger partial charge in [0.05, 0.1) is 18.8 Å². The predicted molar refractivity (Wildman–Crippen MR) is 235 cm³/mol. The smallest absolute Gasteiger partial charge is 0.436 e. The maximum Gasteiger partial charge on any atom is 0.436 e. The molecule has 0 bridgehead atoms. The highest BCUT2D eigenvalue weighted by Gasteiger charge is 2.59. The first kappa shape index (κ1) is 48.5. The van der Waals surface area contributed by atoms with Gasteiger partial charge in [0.25, 0.3) is 0 Å². The highest BCUT2D eigenvalue weighted by atomic mass is 32.7. The van der Waals surface area contributed by atoms with E-state index < -0.39 is 26.5 Å². The van der Waals surface area contributed by atoms with E-state index in [1.165, 1.54) is 77.6 Å². The third kappa shape index (κ3) is 12.4. The quantitative estimate of drug-likeness (QED) is 0.0354. The fraction of sp³-hybridized carbons (Fsp3) is 0.864. The molecule has 338 valence electrons. The lowest BCUT2D eigenvalue weighted by Crippen LogP contribution is -2.51. The summed E-state index contributed by atoms with van der Waals surface area (Å²) >= 11 is 3.97. The second-order valence-corrected chi connectivity index (χ2v) is 24.5. The molecular formula is C44H76N2O10P2S. The molecular weight excluding hydrogens is 811 g/mol. The van der Waals surface area contributed by atoms with Crippen LogP contribution in [-0.4, -0.2) is 73.7 Å². The molecule has 15 heteroatoms. The van der Waals surface area contributed by atoms with E-state index in [-0.39, 0.29) is 48.9 Å². The minimum Gasteiger partial charge on any atom is -0.512 e. The number of likely N-dealkylation sites (tertiary alicyclic amines) is 1. The molecule has 7 unspecified atom stereocenters. The molecule has 4 aliphatic carbocycles. The van der Waals surface area contributed by atoms with E-state index in [4.69, 9.17) is 27.9 Å². The Morgan fingerprint density at radius 2 is 1.80 bits per heavy atom. The summed E-state index contributed by atoms with van der Waals surface area (Å²) in [5, 5.41) is 12.0. The van der Waals surface area contributed by atoms with Crippen LogP contribution >= 0.6 is 26.6 Å². The molecule has 1 saturated heterocycles. The van der Waals surface area contributed by atoms with Crippen LogP contribution in [0.1, 0.15) is 144 Å². The molecule has 0 aromatic rings. The second-order valence-electron chi connectivity index (χ2n) is 19.5. The summed E-state index contributed by atoms with van der Waals surface area (Å²) in [7, 11) is -2.02. The van der Waals surface area contributed by atoms with Gasteiger partial charge in [-0.15, -0.1) is 0 Å². The molecule has 3 saturated carbocycles. The van der Waals surface area contributed by atoms with Crippen LogP contribution in [0.3, 0.4) is 0 Å². The normalized spacial score (nSPS) is 34.5. The molecule has 1 heterocycles. The Morgan fingerprint density at radius 3 is 2.51 bits per heavy atom. The Morgan fingerprint density at radius 1 is 1.03 bits per heavy atom. The molecule has 2 amide bonds. The van der Waals surface area contributed by atoms with Gasteiger partial charge in [-0.2, -0.15) is 0 Å². The number of nitrogens with one attached hydrogen (secondary N) is 1. The summed E-state index contributed by atoms with van der Waals surface area (Å²) in [6.07, 6.45) is 18.3. The summed E-state index contributed by atoms with van der Waals surface area (Å²) in [4.78, 5) is 27.9. The van der Waals surface area contributed by atoms with Crippen LogP contribution in [0.2, 0.25) is 0 Å². The molecule has 4 fully saturated rings. The first-order valence-electron chi connectivity index (χ1n) is 22.5. The number of nitrogens with zero attached hydrogens (tertiary/aromatic N) is 1. The van der Waals surface area contributed by atoms with Crippen molar-refractivity contribution in [3.63, 3.8) is 0 Å². The average Bonchev–Trinajstić information content (AvgIpc) is 3.75. The van der Waals surface area contributed by atoms with Crippen molar-refractivity contribution in [3.05, 3.63) is 23.7 Å². The molecule has 0 radical (unpaired) electrons. The van der Waals surface area contributed by atoms with Crippen molar-refractivity contribution < 1.29 is 46.7 Å². The number of aliphatic hydroxyl groups excluding tert-OH is 1. The maximum atomic E-state index is 13.4. The average molecular weight is 887 g/mol. The predicted octanol–water partition coefficient (Wildman–Crippen LogP) is 11.6. The summed E-state index contributed by atoms with van der Waals surface area (Å²) in [6, 6.07) is -0.525. The van der Waals surface area contributed by atoms with Gasteiger partial charge in [0, 0.05) is 39.7 Å². The minimum atomic E-state index is -3.86. The number of rotatable bonds is 20. The second kappa shape index (κ2) is 20.8. The van der Waals surface area contributed by atoms with Crippen LogP contribution in [0, 0.1) is 46.3 Å². The first-order valence-corrected chi connectivity index (χ1v) is 27.2. The maximum absolute atomic E-state index is 13.4. The number of alkyl carbamates (subject to hydrolysis) is 1. The fourth-order valence-electron chi connectivity index (χ4n) is 12.0. The lowest BCUT2D eigenvalue weighted by molar-refractivity contribution is -0.133. The van der Waals surface area contributed by atoms with Gasteiger partial charge in [-0.1, -0.05) is 72.0 Å². The van der Waals surface area contributed by atoms with Gasteiger partial charge in [0.2, 0.25) is 5.91 Å². The molecule has 5 rings (SSSR count). The largest absolute Gasteiger partial charge is 0.512 e. The van der Waals surface area contributed by atoms with E-state index in [2.05, 4.69) is 58.3 Å². The number of amides is 2. The van der Waals surface area contributed by atoms with Gasteiger partial charge < -0.3 is 33.6 Å². The number of thiol groups is 1. The Labute approximate surface area is 360 Å². The van der Waals surface area contributed by atoms with E-state index >= 15 is 0 Å². The third-order valence-electron chi connectivity index (χ3n) is 15.1. The molecule has 59 heavy (non-hydrogen) atoms. The Kier molecular flexibility index (Phi) is 17.1. The van der Waals surface area contributed by atoms with Crippen molar-refractivity contribution in [1.29, 1.82) is 0 Å². The molecule has 0 aromatic carbocycles. The monoisotopic (exact) mass is 886 g/mol. The topological polar surface area (TPSA) is 150 Å². The number of hydrogen-bond acceptors (Lipinski definition) is 10. The van der Waals surface area contributed by atoms with Crippen LogP contribution in [0.25, 0.3) is 0 Å². The number of unbranched alkanes of at least 4 members (excludes halogenated alkanes) is 2. The van der Waals surface area contributed by atoms with Gasteiger partial charge >= 0.3 is 20.5 Å². The Bertz CT molecular complexity index is 1610. The summed E-state index contributed by atoms with van der Waals surface area (Å²) < 4.78 is 52.3. The zero-order valence-corrected chi connectivity index (χ0v) is 39.9. The van der Waals surface area contributed by atoms with Crippen molar-refractivity contribution in [2.75, 3.05) is 33.5 Å². The van der Waals surface area contributed by atoms with Gasteiger partial charge in [-0.3, -0.25) is 13.9 Å². The van der Waals surface area contributed by atoms with Gasteiger partial charge in [0.15, 0.2) is 0 Å². The Balaban J connectivity index is 1.03. The summed E-state index contributed by atoms with van der Waals surface area (Å²) in [5.41, 5.74) is 2.20. The van der Waals surface area contributed by atoms with Gasteiger partial charge in [0.1, 0.15) is 18.1 Å².